The molecule has 1 rings (SSSR count). The van der Waals surface area contributed by atoms with Crippen LogP contribution in [0.15, 0.2) is 17.0 Å². The third-order valence-electron chi connectivity index (χ3n) is 3.22. The molecule has 0 aromatic heterocycles. The Morgan fingerprint density at radius 2 is 1.86 bits per heavy atom. The molecule has 0 bridgehead atoms. The predicted octanol–water partition coefficient (Wildman–Crippen LogP) is 3.06. The van der Waals surface area contributed by atoms with Gasteiger partial charge in [0.05, 0.1) is 5.56 Å². The molecule has 0 aliphatic heterocycles. The van der Waals surface area contributed by atoms with Gasteiger partial charge in [-0.25, -0.2) is 17.2 Å². The highest BCUT2D eigenvalue weighted by atomic mass is 35.7. The maximum atomic E-state index is 14.0. The summed E-state index contributed by atoms with van der Waals surface area (Å²) < 4.78 is 49.7. The van der Waals surface area contributed by atoms with E-state index in [1.165, 1.54) is 0 Å². The molecule has 0 unspecified atom stereocenters. The van der Waals surface area contributed by atoms with Crippen LogP contribution in [-0.4, -0.2) is 20.9 Å². The molecule has 0 heterocycles. The summed E-state index contributed by atoms with van der Waals surface area (Å²) in [7, 11) is 0.543. The lowest BCUT2D eigenvalue weighted by atomic mass is 10.0. The smallest absolute Gasteiger partial charge is 0.264 e. The summed E-state index contributed by atoms with van der Waals surface area (Å²) in [4.78, 5) is 10.8. The Balaban J connectivity index is 3.08. The summed E-state index contributed by atoms with van der Waals surface area (Å²) in [6.45, 7) is 4.19. The average molecular weight is 340 g/mol. The molecule has 1 N–H and O–H groups in total. The summed E-state index contributed by atoms with van der Waals surface area (Å²) >= 11 is 0. The van der Waals surface area contributed by atoms with Crippen LogP contribution in [-0.2, 0) is 9.05 Å². The zero-order valence-electron chi connectivity index (χ0n) is 11.6. The largest absolute Gasteiger partial charge is 0.352 e. The van der Waals surface area contributed by atoms with E-state index in [4.69, 9.17) is 10.7 Å². The highest BCUT2D eigenvalue weighted by molar-refractivity contribution is 8.13. The first-order valence-corrected chi connectivity index (χ1v) is 8.73. The van der Waals surface area contributed by atoms with Crippen molar-refractivity contribution in [3.63, 3.8) is 0 Å². The van der Waals surface area contributed by atoms with Crippen molar-refractivity contribution in [1.29, 1.82) is 0 Å². The van der Waals surface area contributed by atoms with Gasteiger partial charge >= 0.3 is 0 Å². The molecule has 0 saturated heterocycles. The highest BCUT2D eigenvalue weighted by Crippen LogP contribution is 2.23. The number of hydrogen-bond donors (Lipinski definition) is 1. The van der Waals surface area contributed by atoms with Crippen molar-refractivity contribution in [3.05, 3.63) is 29.3 Å². The van der Waals surface area contributed by atoms with Gasteiger partial charge in [-0.15, -0.1) is 0 Å². The summed E-state index contributed by atoms with van der Waals surface area (Å²) in [6, 6.07) is 1.08. The molecule has 0 aliphatic rings. The second-order valence-electron chi connectivity index (χ2n) is 4.60. The maximum absolute atomic E-state index is 14.0. The fourth-order valence-corrected chi connectivity index (χ4v) is 2.73. The minimum absolute atomic E-state index is 0.210. The monoisotopic (exact) mass is 339 g/mol. The van der Waals surface area contributed by atoms with Crippen LogP contribution >= 0.6 is 10.7 Å². The molecule has 21 heavy (non-hydrogen) atoms. The van der Waals surface area contributed by atoms with E-state index in [0.29, 0.717) is 18.7 Å². The Kier molecular flexibility index (Phi) is 6.10. The molecule has 8 heteroatoms. The van der Waals surface area contributed by atoms with E-state index in [1.807, 2.05) is 13.8 Å². The van der Waals surface area contributed by atoms with Crippen LogP contribution < -0.4 is 5.32 Å². The molecule has 118 valence electrons. The first kappa shape index (κ1) is 17.8. The number of carbonyl (C=O) groups is 1. The Labute approximate surface area is 126 Å². The zero-order valence-corrected chi connectivity index (χ0v) is 13.2. The molecule has 1 aromatic carbocycles. The van der Waals surface area contributed by atoms with Gasteiger partial charge in [-0.05, 0) is 18.1 Å². The Morgan fingerprint density at radius 3 is 2.33 bits per heavy atom. The number of nitrogens with one attached hydrogen (secondary N) is 1. The van der Waals surface area contributed by atoms with E-state index in [-0.39, 0.29) is 5.92 Å². The minimum Gasteiger partial charge on any atom is -0.352 e. The van der Waals surface area contributed by atoms with Gasteiger partial charge in [0, 0.05) is 17.2 Å². The molecule has 0 atom stereocenters. The van der Waals surface area contributed by atoms with Gasteiger partial charge in [0.2, 0.25) is 0 Å². The van der Waals surface area contributed by atoms with Crippen molar-refractivity contribution in [2.75, 3.05) is 6.54 Å². The normalized spacial score (nSPS) is 11.7. The van der Waals surface area contributed by atoms with Gasteiger partial charge in [-0.2, -0.15) is 0 Å². The molecule has 4 nitrogen and oxygen atoms in total. The van der Waals surface area contributed by atoms with E-state index in [2.05, 4.69) is 5.32 Å². The zero-order chi connectivity index (χ0) is 16.2. The molecule has 1 aromatic rings. The molecule has 0 radical (unpaired) electrons. The lowest BCUT2D eigenvalue weighted by molar-refractivity contribution is 0.0941. The number of halogens is 3. The molecule has 0 saturated carbocycles. The number of hydrogen-bond acceptors (Lipinski definition) is 3. The molecular formula is C13H16ClF2NO3S. The maximum Gasteiger partial charge on any atom is 0.264 e. The van der Waals surface area contributed by atoms with Crippen LogP contribution in [0.3, 0.4) is 0 Å². The molecule has 1 amide bonds. The molecule has 0 spiro atoms. The topological polar surface area (TPSA) is 63.2 Å². The highest BCUT2D eigenvalue weighted by Gasteiger charge is 2.24. The van der Waals surface area contributed by atoms with Crippen molar-refractivity contribution in [3.8, 4) is 0 Å². The first-order chi connectivity index (χ1) is 9.70. The van der Waals surface area contributed by atoms with E-state index in [1.54, 1.807) is 0 Å². The van der Waals surface area contributed by atoms with Crippen LogP contribution in [0.5, 0.6) is 0 Å². The van der Waals surface area contributed by atoms with Crippen LogP contribution in [0.25, 0.3) is 0 Å². The van der Waals surface area contributed by atoms with E-state index in [0.717, 1.165) is 12.8 Å². The number of rotatable bonds is 6. The molecule has 0 fully saturated rings. The van der Waals surface area contributed by atoms with E-state index < -0.39 is 37.1 Å². The fourth-order valence-electron chi connectivity index (χ4n) is 1.82. The number of carbonyl (C=O) groups excluding carboxylic acids is 1. The Morgan fingerprint density at radius 1 is 1.29 bits per heavy atom. The van der Waals surface area contributed by atoms with Crippen LogP contribution in [0.1, 0.15) is 37.0 Å². The first-order valence-electron chi connectivity index (χ1n) is 6.42. The average Bonchev–Trinajstić information content (AvgIpc) is 2.40. The lowest BCUT2D eigenvalue weighted by Gasteiger charge is -2.14. The van der Waals surface area contributed by atoms with Gasteiger partial charge in [-0.1, -0.05) is 26.7 Å². The molecular weight excluding hydrogens is 324 g/mol. The second-order valence-corrected chi connectivity index (χ2v) is 7.13. The van der Waals surface area contributed by atoms with Crippen molar-refractivity contribution < 1.29 is 22.0 Å². The van der Waals surface area contributed by atoms with Gasteiger partial charge in [0.1, 0.15) is 10.7 Å². The van der Waals surface area contributed by atoms with Crippen molar-refractivity contribution in [2.24, 2.45) is 5.92 Å². The van der Waals surface area contributed by atoms with E-state index in [9.17, 15) is 22.0 Å². The number of benzene rings is 1. The van der Waals surface area contributed by atoms with E-state index >= 15 is 0 Å². The van der Waals surface area contributed by atoms with Crippen molar-refractivity contribution in [1.82, 2.24) is 5.32 Å². The Hall–Kier alpha value is -1.21. The van der Waals surface area contributed by atoms with Crippen LogP contribution in [0.4, 0.5) is 8.78 Å². The second kappa shape index (κ2) is 7.17. The standard InChI is InChI=1S/C13H16ClF2NO3S/c1-3-8(4-2)7-17-13(18)10-5-9(15)6-11(12(10)16)21(14,19)20/h5-6,8H,3-4,7H2,1-2H3,(H,17,18). The molecule has 0 aliphatic carbocycles. The van der Waals surface area contributed by atoms with Gasteiger partial charge in [0.25, 0.3) is 15.0 Å². The Bertz CT molecular complexity index is 631. The van der Waals surface area contributed by atoms with Crippen molar-refractivity contribution >= 4 is 25.6 Å². The summed E-state index contributed by atoms with van der Waals surface area (Å²) in [5.41, 5.74) is -0.680. The SMILES string of the molecule is CCC(CC)CNC(=O)c1cc(F)cc(S(=O)(=O)Cl)c1F. The fraction of sp³-hybridized carbons (Fsp3) is 0.462. The third kappa shape index (κ3) is 4.64. The lowest BCUT2D eigenvalue weighted by Crippen LogP contribution is -2.30. The van der Waals surface area contributed by atoms with Gasteiger partial charge < -0.3 is 5.32 Å². The summed E-state index contributed by atoms with van der Waals surface area (Å²) in [5, 5.41) is 2.46. The summed E-state index contributed by atoms with van der Waals surface area (Å²) in [6.07, 6.45) is 1.65. The quantitative estimate of drug-likeness (QED) is 0.810. The minimum atomic E-state index is -4.48. The third-order valence-corrected chi connectivity index (χ3v) is 4.54. The predicted molar refractivity (Wildman–Crippen MR) is 75.8 cm³/mol. The summed E-state index contributed by atoms with van der Waals surface area (Å²) in [5.74, 6) is -3.07. The van der Waals surface area contributed by atoms with Gasteiger partial charge in [0.15, 0.2) is 5.82 Å². The number of amides is 1. The van der Waals surface area contributed by atoms with Crippen LogP contribution in [0.2, 0.25) is 0 Å². The van der Waals surface area contributed by atoms with Crippen LogP contribution in [0, 0.1) is 17.6 Å². The van der Waals surface area contributed by atoms with Crippen molar-refractivity contribution in [2.45, 2.75) is 31.6 Å². The van der Waals surface area contributed by atoms with Gasteiger partial charge in [-0.3, -0.25) is 4.79 Å².